The largest absolute Gasteiger partial charge is 0.489 e. The fourth-order valence-electron chi connectivity index (χ4n) is 1.55. The fraction of sp³-hybridized carbons (Fsp3) is 0.500. The van der Waals surface area contributed by atoms with Crippen LogP contribution in [0.1, 0.15) is 31.2 Å². The normalized spacial score (nSPS) is 17.2. The number of hydrogen-bond acceptors (Lipinski definition) is 2. The Morgan fingerprint density at radius 2 is 2.25 bits per heavy atom. The van der Waals surface area contributed by atoms with Crippen molar-refractivity contribution < 1.29 is 9.13 Å². The van der Waals surface area contributed by atoms with Gasteiger partial charge in [0.25, 0.3) is 0 Å². The van der Waals surface area contributed by atoms with Gasteiger partial charge in [-0.2, -0.15) is 0 Å². The average Bonchev–Trinajstić information content (AvgIpc) is 3.04. The van der Waals surface area contributed by atoms with E-state index in [2.05, 4.69) is 0 Å². The molecule has 0 radical (unpaired) electrons. The van der Waals surface area contributed by atoms with Crippen LogP contribution in [0.5, 0.6) is 5.75 Å². The third-order valence-electron chi connectivity index (χ3n) is 2.73. The van der Waals surface area contributed by atoms with Crippen LogP contribution < -0.4 is 10.5 Å². The van der Waals surface area contributed by atoms with Gasteiger partial charge in [0.05, 0.1) is 11.1 Å². The first-order valence-corrected chi connectivity index (χ1v) is 5.85. The Morgan fingerprint density at radius 1 is 1.56 bits per heavy atom. The molecule has 0 spiro atoms. The average molecular weight is 244 g/mol. The molecular formula is C12H15ClFNO. The molecule has 4 heteroatoms. The highest BCUT2D eigenvalue weighted by molar-refractivity contribution is 6.32. The second-order valence-corrected chi connectivity index (χ2v) is 4.67. The highest BCUT2D eigenvalue weighted by atomic mass is 35.5. The van der Waals surface area contributed by atoms with Gasteiger partial charge in [-0.1, -0.05) is 18.5 Å². The van der Waals surface area contributed by atoms with Crippen molar-refractivity contribution >= 4 is 11.6 Å². The minimum atomic E-state index is -0.344. The van der Waals surface area contributed by atoms with Crippen LogP contribution in [0.2, 0.25) is 5.02 Å². The van der Waals surface area contributed by atoms with Crippen LogP contribution in [0.3, 0.4) is 0 Å². The van der Waals surface area contributed by atoms with Crippen molar-refractivity contribution in [3.8, 4) is 5.75 Å². The molecule has 0 aliphatic heterocycles. The molecule has 0 aromatic heterocycles. The molecule has 0 saturated heterocycles. The lowest BCUT2D eigenvalue weighted by molar-refractivity contribution is 0.298. The van der Waals surface area contributed by atoms with Crippen molar-refractivity contribution in [1.82, 2.24) is 0 Å². The second kappa shape index (κ2) is 4.60. The summed E-state index contributed by atoms with van der Waals surface area (Å²) in [7, 11) is 0. The van der Waals surface area contributed by atoms with Gasteiger partial charge in [-0.3, -0.25) is 0 Å². The highest BCUT2D eigenvalue weighted by Crippen LogP contribution is 2.38. The minimum Gasteiger partial charge on any atom is -0.489 e. The Balaban J connectivity index is 2.36. The Bertz CT molecular complexity index is 393. The van der Waals surface area contributed by atoms with Gasteiger partial charge in [0.2, 0.25) is 0 Å². The van der Waals surface area contributed by atoms with Gasteiger partial charge in [-0.05, 0) is 37.4 Å². The van der Waals surface area contributed by atoms with Crippen LogP contribution >= 0.6 is 11.6 Å². The first kappa shape index (κ1) is 11.7. The summed E-state index contributed by atoms with van der Waals surface area (Å²) in [4.78, 5) is 0. The molecule has 2 nitrogen and oxygen atoms in total. The lowest BCUT2D eigenvalue weighted by atomic mass is 10.00. The van der Waals surface area contributed by atoms with E-state index in [4.69, 9.17) is 22.1 Å². The van der Waals surface area contributed by atoms with E-state index in [0.717, 1.165) is 18.4 Å². The summed E-state index contributed by atoms with van der Waals surface area (Å²) < 4.78 is 19.0. The van der Waals surface area contributed by atoms with Crippen molar-refractivity contribution in [3.05, 3.63) is 28.5 Å². The van der Waals surface area contributed by atoms with Crippen molar-refractivity contribution in [2.45, 2.75) is 31.8 Å². The molecule has 1 aromatic rings. The van der Waals surface area contributed by atoms with E-state index in [9.17, 15) is 4.39 Å². The predicted molar refractivity (Wildman–Crippen MR) is 62.5 cm³/mol. The van der Waals surface area contributed by atoms with Gasteiger partial charge >= 0.3 is 0 Å². The fourth-order valence-corrected chi connectivity index (χ4v) is 1.81. The van der Waals surface area contributed by atoms with E-state index in [1.165, 1.54) is 12.1 Å². The van der Waals surface area contributed by atoms with Crippen molar-refractivity contribution in [2.75, 3.05) is 6.54 Å². The van der Waals surface area contributed by atoms with Gasteiger partial charge in [0, 0.05) is 5.56 Å². The molecule has 1 fully saturated rings. The summed E-state index contributed by atoms with van der Waals surface area (Å²) >= 11 is 6.00. The van der Waals surface area contributed by atoms with Gasteiger partial charge in [0.15, 0.2) is 0 Å². The molecule has 1 saturated carbocycles. The number of nitrogens with two attached hydrogens (primary N) is 1. The predicted octanol–water partition coefficient (Wildman–Crippen LogP) is 3.08. The van der Waals surface area contributed by atoms with Crippen molar-refractivity contribution in [2.24, 2.45) is 5.73 Å². The molecule has 2 N–H and O–H groups in total. The number of halogens is 2. The van der Waals surface area contributed by atoms with Gasteiger partial charge in [-0.15, -0.1) is 0 Å². The lowest BCUT2D eigenvalue weighted by Crippen LogP contribution is -2.12. The first-order chi connectivity index (χ1) is 7.61. The van der Waals surface area contributed by atoms with Crippen LogP contribution in [0.4, 0.5) is 4.39 Å². The zero-order valence-electron chi connectivity index (χ0n) is 9.17. The smallest absolute Gasteiger partial charge is 0.142 e. The number of ether oxygens (including phenoxy) is 1. The van der Waals surface area contributed by atoms with Crippen molar-refractivity contribution in [3.63, 3.8) is 0 Å². The van der Waals surface area contributed by atoms with Crippen LogP contribution in [0, 0.1) is 5.82 Å². The molecule has 1 aliphatic carbocycles. The Labute approximate surface area is 99.5 Å². The van der Waals surface area contributed by atoms with Crippen LogP contribution in [-0.4, -0.2) is 12.6 Å². The monoisotopic (exact) mass is 243 g/mol. The van der Waals surface area contributed by atoms with E-state index < -0.39 is 0 Å². The molecule has 1 aliphatic rings. The Morgan fingerprint density at radius 3 is 2.81 bits per heavy atom. The molecule has 88 valence electrons. The first-order valence-electron chi connectivity index (χ1n) is 5.47. The Kier molecular flexibility index (Phi) is 3.36. The third-order valence-corrected chi connectivity index (χ3v) is 3.01. The number of hydrogen-bond donors (Lipinski definition) is 1. The number of rotatable bonds is 4. The third kappa shape index (κ3) is 2.47. The second-order valence-electron chi connectivity index (χ2n) is 4.26. The molecule has 0 amide bonds. The van der Waals surface area contributed by atoms with Crippen LogP contribution in [0.25, 0.3) is 0 Å². The zero-order chi connectivity index (χ0) is 11.7. The summed E-state index contributed by atoms with van der Waals surface area (Å²) in [5.41, 5.74) is 6.36. The molecular weight excluding hydrogens is 229 g/mol. The molecule has 1 aromatic carbocycles. The quantitative estimate of drug-likeness (QED) is 0.882. The molecule has 1 atom stereocenters. The van der Waals surface area contributed by atoms with Crippen LogP contribution in [0.15, 0.2) is 12.1 Å². The molecule has 2 rings (SSSR count). The summed E-state index contributed by atoms with van der Waals surface area (Å²) in [5.74, 6) is 0.300. The maximum atomic E-state index is 13.3. The molecule has 0 bridgehead atoms. The van der Waals surface area contributed by atoms with Crippen molar-refractivity contribution in [1.29, 1.82) is 0 Å². The standard InChI is InChI=1S/C12H15ClFNO/c1-7(6-15)10-4-8(14)5-11(13)12(10)16-9-2-3-9/h4-5,7,9H,2-3,6,15H2,1H3. The Hall–Kier alpha value is -0.800. The van der Waals surface area contributed by atoms with E-state index >= 15 is 0 Å². The molecule has 16 heavy (non-hydrogen) atoms. The van der Waals surface area contributed by atoms with E-state index in [0.29, 0.717) is 17.3 Å². The SMILES string of the molecule is CC(CN)c1cc(F)cc(Cl)c1OC1CC1. The summed E-state index contributed by atoms with van der Waals surface area (Å²) in [6, 6.07) is 2.74. The van der Waals surface area contributed by atoms with Gasteiger partial charge in [-0.25, -0.2) is 4.39 Å². The molecule has 1 unspecified atom stereocenters. The zero-order valence-corrected chi connectivity index (χ0v) is 9.93. The maximum absolute atomic E-state index is 13.3. The van der Waals surface area contributed by atoms with Crippen LogP contribution in [-0.2, 0) is 0 Å². The lowest BCUT2D eigenvalue weighted by Gasteiger charge is -2.17. The van der Waals surface area contributed by atoms with E-state index in [1.807, 2.05) is 6.92 Å². The van der Waals surface area contributed by atoms with E-state index in [-0.39, 0.29) is 17.8 Å². The highest BCUT2D eigenvalue weighted by Gasteiger charge is 2.27. The summed E-state index contributed by atoms with van der Waals surface area (Å²) in [6.07, 6.45) is 2.33. The number of benzene rings is 1. The topological polar surface area (TPSA) is 35.2 Å². The summed E-state index contributed by atoms with van der Waals surface area (Å²) in [6.45, 7) is 2.38. The maximum Gasteiger partial charge on any atom is 0.142 e. The van der Waals surface area contributed by atoms with Gasteiger partial charge in [0.1, 0.15) is 11.6 Å². The van der Waals surface area contributed by atoms with E-state index in [1.54, 1.807) is 0 Å². The molecule has 0 heterocycles. The van der Waals surface area contributed by atoms with Gasteiger partial charge < -0.3 is 10.5 Å². The summed E-state index contributed by atoms with van der Waals surface area (Å²) in [5, 5.41) is 0.335. The minimum absolute atomic E-state index is 0.0435.